The second-order valence-corrected chi connectivity index (χ2v) is 5.03. The molecule has 0 aromatic carbocycles. The number of nitrogens with zero attached hydrogens (tertiary/aromatic N) is 1. The number of amides is 1. The number of carbonyl (C=O) groups is 2. The van der Waals surface area contributed by atoms with E-state index in [1.165, 1.54) is 6.92 Å². The standard InChI is InChI=1S/C13H21NO3/c1-8-5-6-14(9(2)7-8)12(15)10(3)11(4)13(16)17/h8-9H,5-7H2,1-4H3,(H,16,17). The molecule has 0 spiro atoms. The van der Waals surface area contributed by atoms with Crippen molar-refractivity contribution < 1.29 is 14.7 Å². The highest BCUT2D eigenvalue weighted by Gasteiger charge is 2.28. The van der Waals surface area contributed by atoms with Crippen molar-refractivity contribution in [2.24, 2.45) is 5.92 Å². The summed E-state index contributed by atoms with van der Waals surface area (Å²) in [5.74, 6) is -0.517. The maximum absolute atomic E-state index is 12.2. The summed E-state index contributed by atoms with van der Waals surface area (Å²) in [7, 11) is 0. The highest BCUT2D eigenvalue weighted by molar-refractivity contribution is 6.01. The number of piperidine rings is 1. The third-order valence-electron chi connectivity index (χ3n) is 3.60. The Balaban J connectivity index is 2.84. The minimum Gasteiger partial charge on any atom is -0.478 e. The number of rotatable bonds is 2. The Morgan fingerprint density at radius 2 is 1.76 bits per heavy atom. The van der Waals surface area contributed by atoms with Crippen LogP contribution >= 0.6 is 0 Å². The van der Waals surface area contributed by atoms with Gasteiger partial charge in [-0.15, -0.1) is 0 Å². The molecule has 2 unspecified atom stereocenters. The molecule has 0 aromatic heterocycles. The largest absolute Gasteiger partial charge is 0.478 e. The van der Waals surface area contributed by atoms with E-state index in [0.717, 1.165) is 19.4 Å². The molecule has 0 aliphatic carbocycles. The summed E-state index contributed by atoms with van der Waals surface area (Å²) >= 11 is 0. The average molecular weight is 239 g/mol. The van der Waals surface area contributed by atoms with E-state index in [-0.39, 0.29) is 17.5 Å². The van der Waals surface area contributed by atoms with Crippen LogP contribution in [0.5, 0.6) is 0 Å². The Morgan fingerprint density at radius 1 is 1.18 bits per heavy atom. The normalized spacial score (nSPS) is 26.5. The van der Waals surface area contributed by atoms with Gasteiger partial charge in [-0.2, -0.15) is 0 Å². The number of hydrogen-bond acceptors (Lipinski definition) is 2. The Bertz CT molecular complexity index is 360. The summed E-state index contributed by atoms with van der Waals surface area (Å²) in [4.78, 5) is 24.8. The molecule has 1 fully saturated rings. The van der Waals surface area contributed by atoms with Crippen LogP contribution in [0.1, 0.15) is 40.5 Å². The lowest BCUT2D eigenvalue weighted by Crippen LogP contribution is -2.44. The molecular formula is C13H21NO3. The zero-order chi connectivity index (χ0) is 13.2. The van der Waals surface area contributed by atoms with E-state index in [4.69, 9.17) is 5.11 Å². The van der Waals surface area contributed by atoms with Gasteiger partial charge in [0.1, 0.15) is 0 Å². The van der Waals surface area contributed by atoms with E-state index < -0.39 is 5.97 Å². The van der Waals surface area contributed by atoms with Gasteiger partial charge in [0.15, 0.2) is 0 Å². The number of carboxylic acid groups (broad SMARTS) is 1. The first-order valence-corrected chi connectivity index (χ1v) is 6.06. The summed E-state index contributed by atoms with van der Waals surface area (Å²) in [6.07, 6.45) is 1.99. The Labute approximate surface area is 102 Å². The number of carboxylic acids is 1. The fourth-order valence-electron chi connectivity index (χ4n) is 2.25. The van der Waals surface area contributed by atoms with Crippen LogP contribution in [0.2, 0.25) is 0 Å². The highest BCUT2D eigenvalue weighted by atomic mass is 16.4. The van der Waals surface area contributed by atoms with Crippen molar-refractivity contribution in [2.45, 2.75) is 46.6 Å². The van der Waals surface area contributed by atoms with E-state index in [0.29, 0.717) is 11.5 Å². The third-order valence-corrected chi connectivity index (χ3v) is 3.60. The fourth-order valence-corrected chi connectivity index (χ4v) is 2.25. The van der Waals surface area contributed by atoms with Crippen LogP contribution in [0, 0.1) is 5.92 Å². The molecule has 1 aliphatic rings. The Morgan fingerprint density at radius 3 is 2.24 bits per heavy atom. The topological polar surface area (TPSA) is 57.6 Å². The summed E-state index contributed by atoms with van der Waals surface area (Å²) in [5.41, 5.74) is 0.486. The first kappa shape index (κ1) is 13.7. The van der Waals surface area contributed by atoms with E-state index in [9.17, 15) is 9.59 Å². The minimum atomic E-state index is -1.02. The van der Waals surface area contributed by atoms with Gasteiger partial charge in [-0.1, -0.05) is 6.92 Å². The van der Waals surface area contributed by atoms with Crippen LogP contribution < -0.4 is 0 Å². The molecule has 0 saturated carbocycles. The molecule has 1 amide bonds. The van der Waals surface area contributed by atoms with Crippen LogP contribution in [0.4, 0.5) is 0 Å². The monoisotopic (exact) mass is 239 g/mol. The predicted molar refractivity (Wildman–Crippen MR) is 65.6 cm³/mol. The van der Waals surface area contributed by atoms with E-state index in [1.807, 2.05) is 6.92 Å². The lowest BCUT2D eigenvalue weighted by Gasteiger charge is -2.36. The van der Waals surface area contributed by atoms with Crippen molar-refractivity contribution in [3.05, 3.63) is 11.1 Å². The van der Waals surface area contributed by atoms with Crippen LogP contribution in [0.15, 0.2) is 11.1 Å². The van der Waals surface area contributed by atoms with E-state index in [2.05, 4.69) is 6.92 Å². The molecule has 2 atom stereocenters. The molecular weight excluding hydrogens is 218 g/mol. The van der Waals surface area contributed by atoms with Crippen molar-refractivity contribution in [2.75, 3.05) is 6.54 Å². The maximum atomic E-state index is 12.2. The molecule has 1 heterocycles. The van der Waals surface area contributed by atoms with Crippen molar-refractivity contribution in [1.82, 2.24) is 4.90 Å². The van der Waals surface area contributed by atoms with Crippen LogP contribution in [0.3, 0.4) is 0 Å². The van der Waals surface area contributed by atoms with Crippen LogP contribution in [-0.2, 0) is 9.59 Å². The van der Waals surface area contributed by atoms with Crippen molar-refractivity contribution in [3.63, 3.8) is 0 Å². The zero-order valence-corrected chi connectivity index (χ0v) is 11.0. The van der Waals surface area contributed by atoms with Crippen molar-refractivity contribution in [1.29, 1.82) is 0 Å². The van der Waals surface area contributed by atoms with Gasteiger partial charge in [0.25, 0.3) is 0 Å². The zero-order valence-electron chi connectivity index (χ0n) is 11.0. The van der Waals surface area contributed by atoms with Crippen molar-refractivity contribution in [3.8, 4) is 0 Å². The van der Waals surface area contributed by atoms with Gasteiger partial charge >= 0.3 is 5.97 Å². The van der Waals surface area contributed by atoms with Crippen LogP contribution in [0.25, 0.3) is 0 Å². The SMILES string of the molecule is CC(C(=O)O)=C(C)C(=O)N1CCC(C)CC1C. The molecule has 0 radical (unpaired) electrons. The molecule has 4 heteroatoms. The van der Waals surface area contributed by atoms with Gasteiger partial charge in [-0.05, 0) is 39.5 Å². The quantitative estimate of drug-likeness (QED) is 0.750. The number of hydrogen-bond donors (Lipinski definition) is 1. The summed E-state index contributed by atoms with van der Waals surface area (Å²) in [6.45, 7) is 8.01. The Kier molecular flexibility index (Phi) is 4.32. The second kappa shape index (κ2) is 5.34. The molecule has 1 N–H and O–H groups in total. The van der Waals surface area contributed by atoms with Crippen LogP contribution in [-0.4, -0.2) is 34.5 Å². The molecule has 1 saturated heterocycles. The molecule has 17 heavy (non-hydrogen) atoms. The van der Waals surface area contributed by atoms with E-state index >= 15 is 0 Å². The molecule has 4 nitrogen and oxygen atoms in total. The summed E-state index contributed by atoms with van der Waals surface area (Å²) < 4.78 is 0. The number of aliphatic carboxylic acids is 1. The fraction of sp³-hybridized carbons (Fsp3) is 0.692. The molecule has 96 valence electrons. The van der Waals surface area contributed by atoms with Gasteiger partial charge < -0.3 is 10.0 Å². The number of carbonyl (C=O) groups excluding carboxylic acids is 1. The summed E-state index contributed by atoms with van der Waals surface area (Å²) in [6, 6.07) is 0.197. The first-order chi connectivity index (χ1) is 7.84. The second-order valence-electron chi connectivity index (χ2n) is 5.03. The minimum absolute atomic E-state index is 0.135. The smallest absolute Gasteiger partial charge is 0.331 e. The van der Waals surface area contributed by atoms with E-state index in [1.54, 1.807) is 11.8 Å². The average Bonchev–Trinajstić information content (AvgIpc) is 2.26. The molecule has 1 aliphatic heterocycles. The first-order valence-electron chi connectivity index (χ1n) is 6.06. The lowest BCUT2D eigenvalue weighted by atomic mass is 9.92. The maximum Gasteiger partial charge on any atom is 0.331 e. The molecule has 1 rings (SSSR count). The van der Waals surface area contributed by atoms with Gasteiger partial charge in [-0.3, -0.25) is 4.79 Å². The lowest BCUT2D eigenvalue weighted by molar-refractivity contribution is -0.134. The Hall–Kier alpha value is -1.32. The highest BCUT2D eigenvalue weighted by Crippen LogP contribution is 2.24. The predicted octanol–water partition coefficient (Wildman–Crippen LogP) is 2.05. The van der Waals surface area contributed by atoms with Gasteiger partial charge in [0, 0.05) is 23.7 Å². The van der Waals surface area contributed by atoms with Gasteiger partial charge in [0.2, 0.25) is 5.91 Å². The number of likely N-dealkylation sites (tertiary alicyclic amines) is 1. The third kappa shape index (κ3) is 3.08. The van der Waals surface area contributed by atoms with Crippen molar-refractivity contribution >= 4 is 11.9 Å². The summed E-state index contributed by atoms with van der Waals surface area (Å²) in [5, 5.41) is 8.88. The van der Waals surface area contributed by atoms with Gasteiger partial charge in [0.05, 0.1) is 0 Å². The van der Waals surface area contributed by atoms with Gasteiger partial charge in [-0.25, -0.2) is 4.79 Å². The molecule has 0 bridgehead atoms. The molecule has 0 aromatic rings.